The van der Waals surface area contributed by atoms with Crippen LogP contribution in [0.5, 0.6) is 17.2 Å². The monoisotopic (exact) mass is 470 g/mol. The number of pyridine rings is 1. The quantitative estimate of drug-likeness (QED) is 0.479. The van der Waals surface area contributed by atoms with Crippen molar-refractivity contribution in [3.8, 4) is 17.2 Å². The van der Waals surface area contributed by atoms with Gasteiger partial charge in [-0.15, -0.1) is 11.6 Å². The van der Waals surface area contributed by atoms with Crippen molar-refractivity contribution in [1.82, 2.24) is 4.57 Å². The largest absolute Gasteiger partial charge is 0.493 e. The van der Waals surface area contributed by atoms with E-state index in [1.165, 1.54) is 54.3 Å². The number of benzene rings is 2. The van der Waals surface area contributed by atoms with Gasteiger partial charge in [-0.25, -0.2) is 4.39 Å². The lowest BCUT2D eigenvalue weighted by molar-refractivity contribution is 0.102. The molecule has 0 atom stereocenters. The fourth-order valence-electron chi connectivity index (χ4n) is 2.52. The Morgan fingerprint density at radius 3 is 2.47 bits per heavy atom. The van der Waals surface area contributed by atoms with Crippen molar-refractivity contribution in [3.63, 3.8) is 0 Å². The van der Waals surface area contributed by atoms with E-state index in [1.807, 2.05) is 0 Å². The number of ether oxygens (including phenoxy) is 2. The summed E-state index contributed by atoms with van der Waals surface area (Å²) in [6, 6.07) is 9.07. The van der Waals surface area contributed by atoms with Crippen LogP contribution in [0.3, 0.4) is 0 Å². The lowest BCUT2D eigenvalue weighted by atomic mass is 10.1. The number of hydrogen-bond acceptors (Lipinski definition) is 4. The Labute approximate surface area is 185 Å². The molecular formula is C20H14Cl3FN2O4. The van der Waals surface area contributed by atoms with Crippen molar-refractivity contribution >= 4 is 46.4 Å². The van der Waals surface area contributed by atoms with Crippen LogP contribution in [0.25, 0.3) is 0 Å². The number of anilines is 1. The van der Waals surface area contributed by atoms with E-state index in [0.29, 0.717) is 0 Å². The van der Waals surface area contributed by atoms with Crippen LogP contribution in [0.1, 0.15) is 10.4 Å². The minimum atomic E-state index is -0.604. The first-order chi connectivity index (χ1) is 14.3. The smallest absolute Gasteiger partial charge is 0.259 e. The van der Waals surface area contributed by atoms with Gasteiger partial charge in [-0.3, -0.25) is 9.59 Å². The third kappa shape index (κ3) is 4.87. The van der Waals surface area contributed by atoms with Crippen molar-refractivity contribution in [2.75, 3.05) is 12.4 Å². The fraction of sp³-hybridized carbons (Fsp3) is 0.100. The van der Waals surface area contributed by atoms with Crippen LogP contribution < -0.4 is 20.3 Å². The highest BCUT2D eigenvalue weighted by molar-refractivity contribution is 6.42. The SMILES string of the molecule is COc1cc(F)ccc1Oc1cc(Cl)c(Cl)cc1C(=O)Nc1ccn(CCl)c(=O)c1. The molecule has 1 aromatic heterocycles. The van der Waals surface area contributed by atoms with Gasteiger partial charge in [-0.2, -0.15) is 0 Å². The Hall–Kier alpha value is -2.74. The maximum atomic E-state index is 13.5. The van der Waals surface area contributed by atoms with Crippen molar-refractivity contribution in [1.29, 1.82) is 0 Å². The zero-order chi connectivity index (χ0) is 21.8. The molecule has 0 bridgehead atoms. The van der Waals surface area contributed by atoms with Crippen molar-refractivity contribution in [2.45, 2.75) is 6.00 Å². The number of aromatic nitrogens is 1. The average molecular weight is 472 g/mol. The number of hydrogen-bond donors (Lipinski definition) is 1. The van der Waals surface area contributed by atoms with E-state index in [9.17, 15) is 14.0 Å². The Kier molecular flexibility index (Phi) is 6.87. The lowest BCUT2D eigenvalue weighted by Crippen LogP contribution is -2.19. The van der Waals surface area contributed by atoms with Gasteiger partial charge in [0, 0.05) is 30.1 Å². The number of halogens is 4. The molecule has 156 valence electrons. The number of carbonyl (C=O) groups is 1. The predicted molar refractivity (Wildman–Crippen MR) is 114 cm³/mol. The molecule has 0 aliphatic heterocycles. The third-order valence-corrected chi connectivity index (χ3v) is 4.98. The molecule has 0 spiro atoms. The summed E-state index contributed by atoms with van der Waals surface area (Å²) in [7, 11) is 1.35. The number of nitrogens with one attached hydrogen (secondary N) is 1. The van der Waals surface area contributed by atoms with Crippen LogP contribution in [-0.2, 0) is 6.00 Å². The second-order valence-corrected chi connectivity index (χ2v) is 7.01. The Balaban J connectivity index is 1.96. The molecule has 0 unspecified atom stereocenters. The summed E-state index contributed by atoms with van der Waals surface area (Å²) in [5, 5.41) is 2.86. The summed E-state index contributed by atoms with van der Waals surface area (Å²) < 4.78 is 25.6. The number of alkyl halides is 1. The van der Waals surface area contributed by atoms with Gasteiger partial charge in [-0.1, -0.05) is 23.2 Å². The molecule has 3 aromatic rings. The van der Waals surface area contributed by atoms with E-state index < -0.39 is 11.7 Å². The molecule has 0 fully saturated rings. The molecule has 0 aliphatic carbocycles. The first kappa shape index (κ1) is 22.0. The lowest BCUT2D eigenvalue weighted by Gasteiger charge is -2.15. The maximum absolute atomic E-state index is 13.5. The first-order valence-corrected chi connectivity index (χ1v) is 9.69. The molecule has 1 N–H and O–H groups in total. The summed E-state index contributed by atoms with van der Waals surface area (Å²) in [5.74, 6) is -0.778. The highest BCUT2D eigenvalue weighted by Gasteiger charge is 2.19. The molecule has 10 heteroatoms. The minimum absolute atomic E-state index is 0.0165. The normalized spacial score (nSPS) is 10.6. The Bertz CT molecular complexity index is 1170. The van der Waals surface area contributed by atoms with Gasteiger partial charge in [0.05, 0.1) is 22.7 Å². The standard InChI is InChI=1S/C20H14Cl3FN2O4/c1-29-18-6-11(24)2-3-16(18)30-17-9-15(23)14(22)8-13(17)20(28)25-12-4-5-26(10-21)19(27)7-12/h2-9H,10H2,1H3,(H,25,28). The third-order valence-electron chi connectivity index (χ3n) is 4.00. The van der Waals surface area contributed by atoms with Crippen molar-refractivity contribution < 1.29 is 18.7 Å². The first-order valence-electron chi connectivity index (χ1n) is 8.40. The summed E-state index contributed by atoms with van der Waals surface area (Å²) >= 11 is 17.8. The summed E-state index contributed by atoms with van der Waals surface area (Å²) in [4.78, 5) is 24.8. The van der Waals surface area contributed by atoms with Crippen LogP contribution in [0.2, 0.25) is 10.0 Å². The Morgan fingerprint density at radius 2 is 1.80 bits per heavy atom. The molecule has 0 saturated carbocycles. The molecule has 3 rings (SSSR count). The van der Waals surface area contributed by atoms with Crippen molar-refractivity contribution in [2.24, 2.45) is 0 Å². The molecule has 2 aromatic carbocycles. The zero-order valence-electron chi connectivity index (χ0n) is 15.4. The highest BCUT2D eigenvalue weighted by Crippen LogP contribution is 2.37. The van der Waals surface area contributed by atoms with Gasteiger partial charge in [0.15, 0.2) is 11.5 Å². The van der Waals surface area contributed by atoms with Gasteiger partial charge in [-0.05, 0) is 24.3 Å². The van der Waals surface area contributed by atoms with Gasteiger partial charge in [0.2, 0.25) is 0 Å². The molecule has 30 heavy (non-hydrogen) atoms. The predicted octanol–water partition coefficient (Wildman–Crippen LogP) is 5.54. The van der Waals surface area contributed by atoms with E-state index in [2.05, 4.69) is 5.32 Å². The maximum Gasteiger partial charge on any atom is 0.259 e. The van der Waals surface area contributed by atoms with E-state index in [1.54, 1.807) is 0 Å². The number of carbonyl (C=O) groups excluding carboxylic acids is 1. The molecule has 6 nitrogen and oxygen atoms in total. The van der Waals surface area contributed by atoms with Gasteiger partial charge in [0.1, 0.15) is 17.6 Å². The van der Waals surface area contributed by atoms with Crippen LogP contribution >= 0.6 is 34.8 Å². The van der Waals surface area contributed by atoms with E-state index >= 15 is 0 Å². The average Bonchev–Trinajstić information content (AvgIpc) is 2.71. The minimum Gasteiger partial charge on any atom is -0.493 e. The van der Waals surface area contributed by atoms with Gasteiger partial charge < -0.3 is 19.4 Å². The molecular weight excluding hydrogens is 458 g/mol. The highest BCUT2D eigenvalue weighted by atomic mass is 35.5. The van der Waals surface area contributed by atoms with Crippen LogP contribution in [0.4, 0.5) is 10.1 Å². The molecule has 1 amide bonds. The summed E-state index contributed by atoms with van der Waals surface area (Å²) in [6.07, 6.45) is 1.45. The topological polar surface area (TPSA) is 69.6 Å². The molecule has 0 aliphatic rings. The summed E-state index contributed by atoms with van der Waals surface area (Å²) in [5.41, 5.74) is -0.0930. The molecule has 0 saturated heterocycles. The number of rotatable bonds is 6. The number of nitrogens with zero attached hydrogens (tertiary/aromatic N) is 1. The summed E-state index contributed by atoms with van der Waals surface area (Å²) in [6.45, 7) is 0. The van der Waals surface area contributed by atoms with E-state index in [0.717, 1.165) is 6.07 Å². The van der Waals surface area contributed by atoms with Gasteiger partial charge in [0.25, 0.3) is 11.5 Å². The Morgan fingerprint density at radius 1 is 1.07 bits per heavy atom. The zero-order valence-corrected chi connectivity index (χ0v) is 17.7. The molecule has 1 heterocycles. The fourth-order valence-corrected chi connectivity index (χ4v) is 3.03. The van der Waals surface area contributed by atoms with Crippen LogP contribution in [-0.4, -0.2) is 17.6 Å². The van der Waals surface area contributed by atoms with Crippen LogP contribution in [0.15, 0.2) is 53.5 Å². The number of amides is 1. The van der Waals surface area contributed by atoms with Crippen LogP contribution in [0, 0.1) is 5.82 Å². The molecule has 0 radical (unpaired) electrons. The van der Waals surface area contributed by atoms with Crippen molar-refractivity contribution in [3.05, 3.63) is 80.4 Å². The van der Waals surface area contributed by atoms with Gasteiger partial charge >= 0.3 is 0 Å². The van der Waals surface area contributed by atoms with E-state index in [-0.39, 0.29) is 50.1 Å². The van der Waals surface area contributed by atoms with E-state index in [4.69, 9.17) is 44.3 Å². The number of methoxy groups -OCH3 is 1. The second kappa shape index (κ2) is 9.38. The second-order valence-electron chi connectivity index (χ2n) is 5.96.